The van der Waals surface area contributed by atoms with Crippen molar-refractivity contribution in [3.05, 3.63) is 39.9 Å². The number of carbonyl (C=O) groups is 2. The smallest absolute Gasteiger partial charge is 0.335 e. The third kappa shape index (κ3) is 3.39. The molecule has 0 saturated heterocycles. The highest BCUT2D eigenvalue weighted by Gasteiger charge is 2.17. The van der Waals surface area contributed by atoms with Gasteiger partial charge in [-0.25, -0.2) is 9.59 Å². The minimum atomic E-state index is -1.000. The molecule has 1 aliphatic rings. The number of amides is 2. The Morgan fingerprint density at radius 1 is 1.40 bits per heavy atom. The molecule has 1 aliphatic heterocycles. The molecule has 6 heteroatoms. The standard InChI is InChI=1S/C14H15BrN2O3/c1-9-3-2-6-17(8-9)14(20)16-12-5-4-10(13(18)19)7-11(12)15/h3-5,7H,2,6,8H2,1H3,(H,16,20)(H,18,19). The highest BCUT2D eigenvalue weighted by atomic mass is 79.9. The van der Waals surface area contributed by atoms with Crippen LogP contribution in [0.25, 0.3) is 0 Å². The number of nitrogens with zero attached hydrogens (tertiary/aromatic N) is 1. The summed E-state index contributed by atoms with van der Waals surface area (Å²) in [6.45, 7) is 3.31. The summed E-state index contributed by atoms with van der Waals surface area (Å²) in [6.07, 6.45) is 2.99. The summed E-state index contributed by atoms with van der Waals surface area (Å²) in [5.74, 6) is -1.000. The predicted octanol–water partition coefficient (Wildman–Crippen LogP) is 3.33. The van der Waals surface area contributed by atoms with Gasteiger partial charge in [-0.15, -0.1) is 0 Å². The Morgan fingerprint density at radius 2 is 2.15 bits per heavy atom. The molecule has 0 fully saturated rings. The van der Waals surface area contributed by atoms with Crippen LogP contribution in [0.3, 0.4) is 0 Å². The number of hydrogen-bond acceptors (Lipinski definition) is 2. The van der Waals surface area contributed by atoms with Gasteiger partial charge in [-0.05, 0) is 47.5 Å². The number of carboxylic acids is 1. The Labute approximate surface area is 125 Å². The SMILES string of the molecule is CC1=CCCN(C(=O)Nc2ccc(C(=O)O)cc2Br)C1. The monoisotopic (exact) mass is 338 g/mol. The Hall–Kier alpha value is -1.82. The van der Waals surface area contributed by atoms with Gasteiger partial charge in [0.1, 0.15) is 0 Å². The highest BCUT2D eigenvalue weighted by molar-refractivity contribution is 9.10. The summed E-state index contributed by atoms with van der Waals surface area (Å²) in [6, 6.07) is 4.34. The van der Waals surface area contributed by atoms with Gasteiger partial charge >= 0.3 is 12.0 Å². The van der Waals surface area contributed by atoms with E-state index >= 15 is 0 Å². The van der Waals surface area contributed by atoms with Crippen LogP contribution in [0.5, 0.6) is 0 Å². The van der Waals surface area contributed by atoms with Gasteiger partial charge in [-0.2, -0.15) is 0 Å². The fourth-order valence-electron chi connectivity index (χ4n) is 2.03. The van der Waals surface area contributed by atoms with Crippen molar-refractivity contribution in [3.63, 3.8) is 0 Å². The van der Waals surface area contributed by atoms with Gasteiger partial charge in [0.25, 0.3) is 0 Å². The number of carbonyl (C=O) groups excluding carboxylic acids is 1. The van der Waals surface area contributed by atoms with Crippen LogP contribution in [0.4, 0.5) is 10.5 Å². The minimum Gasteiger partial charge on any atom is -0.478 e. The lowest BCUT2D eigenvalue weighted by Gasteiger charge is -2.26. The number of urea groups is 1. The molecule has 5 nitrogen and oxygen atoms in total. The molecule has 1 aromatic carbocycles. The summed E-state index contributed by atoms with van der Waals surface area (Å²) in [4.78, 5) is 24.7. The van der Waals surface area contributed by atoms with E-state index in [-0.39, 0.29) is 11.6 Å². The van der Waals surface area contributed by atoms with Crippen molar-refractivity contribution in [1.82, 2.24) is 4.90 Å². The van der Waals surface area contributed by atoms with Crippen molar-refractivity contribution in [2.45, 2.75) is 13.3 Å². The second kappa shape index (κ2) is 6.09. The van der Waals surface area contributed by atoms with E-state index in [0.29, 0.717) is 23.2 Å². The Kier molecular flexibility index (Phi) is 4.44. The molecule has 1 heterocycles. The van der Waals surface area contributed by atoms with Crippen LogP contribution in [0, 0.1) is 0 Å². The van der Waals surface area contributed by atoms with Gasteiger partial charge in [0.2, 0.25) is 0 Å². The Balaban J connectivity index is 2.08. The summed E-state index contributed by atoms with van der Waals surface area (Å²) in [5, 5.41) is 11.7. The van der Waals surface area contributed by atoms with Crippen molar-refractivity contribution in [1.29, 1.82) is 0 Å². The molecule has 0 spiro atoms. The van der Waals surface area contributed by atoms with Crippen LogP contribution in [0.1, 0.15) is 23.7 Å². The Morgan fingerprint density at radius 3 is 2.75 bits per heavy atom. The van der Waals surface area contributed by atoms with E-state index < -0.39 is 5.97 Å². The minimum absolute atomic E-state index is 0.173. The zero-order chi connectivity index (χ0) is 14.7. The van der Waals surface area contributed by atoms with Gasteiger partial charge in [-0.1, -0.05) is 11.6 Å². The first-order valence-electron chi connectivity index (χ1n) is 6.22. The molecule has 106 valence electrons. The third-order valence-corrected chi connectivity index (χ3v) is 3.73. The molecule has 0 radical (unpaired) electrons. The van der Waals surface area contributed by atoms with Crippen LogP contribution in [0.15, 0.2) is 34.3 Å². The van der Waals surface area contributed by atoms with Crippen LogP contribution in [-0.4, -0.2) is 35.1 Å². The summed E-state index contributed by atoms with van der Waals surface area (Å²) < 4.78 is 0.551. The molecular formula is C14H15BrN2O3. The number of anilines is 1. The number of carboxylic acid groups (broad SMARTS) is 1. The second-order valence-electron chi connectivity index (χ2n) is 4.69. The van der Waals surface area contributed by atoms with Gasteiger partial charge < -0.3 is 15.3 Å². The van der Waals surface area contributed by atoms with E-state index in [4.69, 9.17) is 5.11 Å². The third-order valence-electron chi connectivity index (χ3n) is 3.08. The zero-order valence-electron chi connectivity index (χ0n) is 11.0. The van der Waals surface area contributed by atoms with E-state index in [2.05, 4.69) is 27.3 Å². The van der Waals surface area contributed by atoms with Crippen LogP contribution < -0.4 is 5.32 Å². The van der Waals surface area contributed by atoms with Crippen LogP contribution in [-0.2, 0) is 0 Å². The fourth-order valence-corrected chi connectivity index (χ4v) is 2.51. The number of nitrogens with one attached hydrogen (secondary N) is 1. The Bertz CT molecular complexity index is 584. The van der Waals surface area contributed by atoms with Gasteiger partial charge in [0.05, 0.1) is 11.3 Å². The fraction of sp³-hybridized carbons (Fsp3) is 0.286. The number of halogens is 1. The molecule has 2 N–H and O–H groups in total. The van der Waals surface area contributed by atoms with E-state index in [1.165, 1.54) is 17.7 Å². The molecule has 0 saturated carbocycles. The first-order chi connectivity index (χ1) is 9.47. The largest absolute Gasteiger partial charge is 0.478 e. The maximum atomic E-state index is 12.1. The molecule has 2 amide bonds. The van der Waals surface area contributed by atoms with E-state index in [0.717, 1.165) is 6.42 Å². The number of benzene rings is 1. The first-order valence-corrected chi connectivity index (χ1v) is 7.01. The lowest BCUT2D eigenvalue weighted by atomic mass is 10.1. The van der Waals surface area contributed by atoms with E-state index in [1.807, 2.05) is 6.92 Å². The highest BCUT2D eigenvalue weighted by Crippen LogP contribution is 2.24. The quantitative estimate of drug-likeness (QED) is 0.812. The molecule has 20 heavy (non-hydrogen) atoms. The topological polar surface area (TPSA) is 69.6 Å². The van der Waals surface area contributed by atoms with E-state index in [9.17, 15) is 9.59 Å². The lowest BCUT2D eigenvalue weighted by molar-refractivity contribution is 0.0697. The average molecular weight is 339 g/mol. The molecule has 0 aromatic heterocycles. The van der Waals surface area contributed by atoms with Gasteiger partial charge in [0, 0.05) is 17.6 Å². The average Bonchev–Trinajstić information content (AvgIpc) is 2.40. The molecule has 2 rings (SSSR count). The first kappa shape index (κ1) is 14.6. The zero-order valence-corrected chi connectivity index (χ0v) is 12.6. The molecule has 0 unspecified atom stereocenters. The summed E-state index contributed by atoms with van der Waals surface area (Å²) in [5.41, 5.74) is 1.91. The predicted molar refractivity (Wildman–Crippen MR) is 80.1 cm³/mol. The van der Waals surface area contributed by atoms with Crippen LogP contribution >= 0.6 is 15.9 Å². The van der Waals surface area contributed by atoms with Gasteiger partial charge in [0.15, 0.2) is 0 Å². The molecular weight excluding hydrogens is 324 g/mol. The molecule has 0 aliphatic carbocycles. The van der Waals surface area contributed by atoms with Crippen LogP contribution in [0.2, 0.25) is 0 Å². The van der Waals surface area contributed by atoms with E-state index in [1.54, 1.807) is 11.0 Å². The summed E-state index contributed by atoms with van der Waals surface area (Å²) in [7, 11) is 0. The van der Waals surface area contributed by atoms with Gasteiger partial charge in [-0.3, -0.25) is 0 Å². The second-order valence-corrected chi connectivity index (χ2v) is 5.54. The normalized spacial score (nSPS) is 14.7. The molecule has 0 atom stereocenters. The van der Waals surface area contributed by atoms with Crippen molar-refractivity contribution in [2.75, 3.05) is 18.4 Å². The number of rotatable bonds is 2. The van der Waals surface area contributed by atoms with Crippen molar-refractivity contribution in [3.8, 4) is 0 Å². The maximum Gasteiger partial charge on any atom is 0.335 e. The number of aromatic carboxylic acids is 1. The lowest BCUT2D eigenvalue weighted by Crippen LogP contribution is -2.38. The molecule has 1 aromatic rings. The van der Waals surface area contributed by atoms with Crippen molar-refractivity contribution >= 4 is 33.6 Å². The summed E-state index contributed by atoms with van der Waals surface area (Å²) >= 11 is 3.27. The van der Waals surface area contributed by atoms with Crippen molar-refractivity contribution in [2.24, 2.45) is 0 Å². The number of hydrogen-bond donors (Lipinski definition) is 2. The van der Waals surface area contributed by atoms with Crippen molar-refractivity contribution < 1.29 is 14.7 Å². The maximum absolute atomic E-state index is 12.1. The molecule has 0 bridgehead atoms.